The predicted octanol–water partition coefficient (Wildman–Crippen LogP) is -3.60. The lowest BCUT2D eigenvalue weighted by molar-refractivity contribution is -0.293. The lowest BCUT2D eigenvalue weighted by Gasteiger charge is -2.39. The predicted molar refractivity (Wildman–Crippen MR) is 510 cm³/mol. The van der Waals surface area contributed by atoms with Crippen molar-refractivity contribution in [2.45, 2.75) is 474 Å². The molecule has 9 fully saturated rings. The number of carbonyl (C=O) groups excluding carboxylic acids is 4. The van der Waals surface area contributed by atoms with Crippen LogP contribution in [0.2, 0.25) is 0 Å². The monoisotopic (exact) mass is 2210 g/mol. The summed E-state index contributed by atoms with van der Waals surface area (Å²) in [7, 11) is -4.73. The van der Waals surface area contributed by atoms with E-state index < -0.39 is 255 Å². The Labute approximate surface area is 860 Å². The highest BCUT2D eigenvalue weighted by Crippen LogP contribution is 2.48. The number of carbonyl (C=O) groups is 4. The molecule has 9 rings (SSSR count). The molecule has 0 aromatic rings. The first-order chi connectivity index (χ1) is 67.7. The molecule has 0 saturated carbocycles. The first-order valence-electron chi connectivity index (χ1n) is 48.3. The molecule has 9 aliphatic heterocycles. The molecule has 147 heavy (non-hydrogen) atoms. The Kier molecular flexibility index (Phi) is 64.6. The molecule has 0 aromatic carbocycles. The molecule has 9 saturated heterocycles. The number of esters is 2. The van der Waals surface area contributed by atoms with Gasteiger partial charge in [-0.2, -0.15) is 21.6 Å². The standard InChI is InChI=1S/C11H23O7P.C11H22O4.C10H19NO5.C10H20O7S.C10H18O6.C10H20O4.C9H19NO7S.C9H17NO6.C9H16O6/c1-7(2)17-11-10(13)9(12)8(18-11)5-6-19(14,15-3)16-4;1-5-7-6-8(12)9(13)10(14-7)15-11(2,3)4;1-5(2)15-10-9(14)8(13)7(16-10)4-11-6(3)12;1-6(2)16-10-9(12)8(11)7(17-10)4-5-18(13,14)15-3;1-5(2)15-10-9(13)8(12)7(16-10)4-14-6(3)11;1-5-6-7(11)8(12)9(13-6)14-10(2,3)4;1-5(2)16-9-8(12)7(11)6(17-9)4-10-18(13,14)15-3;1-4(2)15-8-7(12)6(11)5(16-8)3-14-9(10)13;1-4(2)14-9-6(11)5(10)7(15-9)8(12)13-3/h7-13H,5-6H2,1-4H3;7-10,12-13H,5-6H2,1-4H3;5,7-10,13-14H,4H2,1-3H3,(H,11,12);6-12H,4-5H2,1-3H3;5,7-10,12-13H,4H2,1-3H3;6-9,11-12H,5H2,1-4H3;5-12H,4H2,1-3H3;4-8,11-12H,3H2,1-2H3,(H2,10,13);4-7,9-11H,1-3H3/t8-,9-,10-,11-;7?,8-,9-,10?;3*7-,8-,9-,10-;6-,7?,8+,9+;6-,7-,8-,9-;5-,6-,7-,8-;5-,6+,7-,9+/m101111110/s1. The molecule has 36 atom stereocenters. The van der Waals surface area contributed by atoms with Crippen LogP contribution in [0.15, 0.2) is 0 Å². The first-order valence-corrected chi connectivity index (χ1v) is 53.0. The van der Waals surface area contributed by atoms with Gasteiger partial charge >= 0.3 is 35.9 Å². The average molecular weight is 2210 g/mol. The summed E-state index contributed by atoms with van der Waals surface area (Å²) in [5.74, 6) is -1.68. The van der Waals surface area contributed by atoms with Crippen LogP contribution in [0.25, 0.3) is 0 Å². The van der Waals surface area contributed by atoms with E-state index in [0.29, 0.717) is 12.8 Å². The Morgan fingerprint density at radius 1 is 0.381 bits per heavy atom. The van der Waals surface area contributed by atoms with Crippen LogP contribution in [0.4, 0.5) is 4.79 Å². The molecular formula is C89H174N3O52PS2. The molecule has 2 amide bonds. The van der Waals surface area contributed by atoms with Gasteiger partial charge < -0.3 is 211 Å². The third kappa shape index (κ3) is 51.4. The van der Waals surface area contributed by atoms with Gasteiger partial charge in [0.1, 0.15) is 141 Å². The summed E-state index contributed by atoms with van der Waals surface area (Å²) in [5, 5.41) is 176. The molecule has 0 bridgehead atoms. The number of hydrogen-bond acceptors (Lipinski definition) is 52. The van der Waals surface area contributed by atoms with Gasteiger partial charge in [-0.25, -0.2) is 9.59 Å². The molecule has 9 aliphatic rings. The van der Waals surface area contributed by atoms with E-state index in [2.05, 4.69) is 27.9 Å². The Morgan fingerprint density at radius 2 is 0.687 bits per heavy atom. The Bertz CT molecular complexity index is 3730. The zero-order valence-corrected chi connectivity index (χ0v) is 91.9. The van der Waals surface area contributed by atoms with E-state index in [-0.39, 0.29) is 123 Å². The summed E-state index contributed by atoms with van der Waals surface area (Å²) in [6.45, 7) is 42.4. The number of rotatable bonds is 38. The minimum absolute atomic E-state index is 0.0317. The highest BCUT2D eigenvalue weighted by atomic mass is 32.2. The quantitative estimate of drug-likeness (QED) is 0.0123. The SMILES string of the molecule is CC(=O)NC[C@H]1O[C@@H](OC(C)C)[C@H](O)[C@@H]1O.CC(=O)OC[C@H]1O[C@@H](OC(C)C)[C@H](O)[C@@H]1O.CC(C)O[C@@H]1O[C@H](COC(N)=O)[C@@H](O)[C@H]1O.CCC1C[C@H](O)[C@H](O)C(OC(C)(C)C)O1.CC[C@H]1O[C@@H](OC(C)(C)C)[C@@H](O)C1O.COC(=O)[C@H]1O[C@@H](OC(C)C)[C@H](O)[C@@H]1O.COP(=O)(CC[C@H]1O[C@@H](OC(C)C)[C@H](O)[C@@H]1O)OC.COS(=O)(=O)CC[C@H]1O[C@@H](OC(C)C)[C@H](O)[C@@H]1O.COS(=O)(=O)NC[C@H]1O[C@@H](OC(C)C)[C@H](O)[C@@H]1O. The van der Waals surface area contributed by atoms with Crippen LogP contribution in [0.3, 0.4) is 0 Å². The molecule has 874 valence electrons. The maximum atomic E-state index is 11.9. The summed E-state index contributed by atoms with van der Waals surface area (Å²) in [4.78, 5) is 42.8. The van der Waals surface area contributed by atoms with Crippen molar-refractivity contribution in [3.8, 4) is 0 Å². The number of nitrogens with one attached hydrogen (secondary N) is 2. The van der Waals surface area contributed by atoms with Crippen molar-refractivity contribution >= 4 is 52.0 Å². The van der Waals surface area contributed by atoms with Crippen LogP contribution in [-0.2, 0) is 156 Å². The van der Waals surface area contributed by atoms with Crippen LogP contribution in [0, 0.1) is 0 Å². The van der Waals surface area contributed by atoms with Gasteiger partial charge in [0.2, 0.25) is 5.91 Å². The van der Waals surface area contributed by atoms with E-state index in [4.69, 9.17) is 105 Å². The summed E-state index contributed by atoms with van der Waals surface area (Å²) >= 11 is 0. The summed E-state index contributed by atoms with van der Waals surface area (Å²) in [6, 6.07) is 0. The molecule has 55 nitrogen and oxygen atoms in total. The zero-order chi connectivity index (χ0) is 114. The van der Waals surface area contributed by atoms with Crippen LogP contribution < -0.4 is 15.8 Å². The average Bonchev–Trinajstić information content (AvgIpc) is 1.66. The van der Waals surface area contributed by atoms with E-state index in [1.165, 1.54) is 35.2 Å². The van der Waals surface area contributed by atoms with Crippen molar-refractivity contribution in [3.05, 3.63) is 0 Å². The number of amides is 2. The number of aliphatic hydroxyl groups excluding tert-OH is 18. The summed E-state index contributed by atoms with van der Waals surface area (Å²) in [6.07, 6.45) is -33.3. The van der Waals surface area contributed by atoms with Gasteiger partial charge in [0.05, 0.1) is 118 Å². The first kappa shape index (κ1) is 141. The van der Waals surface area contributed by atoms with Crippen molar-refractivity contribution < 1.29 is 249 Å². The molecular weight excluding hydrogens is 2040 g/mol. The minimum Gasteiger partial charge on any atom is -0.467 e. The highest BCUT2D eigenvalue weighted by molar-refractivity contribution is 7.86. The number of ether oxygens (including phenoxy) is 21. The van der Waals surface area contributed by atoms with Crippen molar-refractivity contribution in [1.29, 1.82) is 0 Å². The highest BCUT2D eigenvalue weighted by Gasteiger charge is 2.53. The molecule has 0 aromatic heterocycles. The Balaban J connectivity index is 0.000000828. The molecule has 58 heteroatoms. The van der Waals surface area contributed by atoms with Crippen LogP contribution in [0.1, 0.15) is 198 Å². The maximum Gasteiger partial charge on any atom is 0.404 e. The Morgan fingerprint density at radius 3 is 1.00 bits per heavy atom. The number of methoxy groups -OCH3 is 1. The van der Waals surface area contributed by atoms with Crippen molar-refractivity contribution in [3.63, 3.8) is 0 Å². The normalized spacial score (nSPS) is 34.8. The molecule has 9 heterocycles. The number of hydrogen-bond donors (Lipinski definition) is 21. The number of aliphatic hydroxyl groups is 18. The fourth-order valence-electron chi connectivity index (χ4n) is 13.9. The van der Waals surface area contributed by atoms with Gasteiger partial charge in [-0.05, 0) is 164 Å². The zero-order valence-electron chi connectivity index (χ0n) is 89.4. The maximum absolute atomic E-state index is 11.9. The van der Waals surface area contributed by atoms with Crippen molar-refractivity contribution in [2.24, 2.45) is 5.73 Å². The summed E-state index contributed by atoms with van der Waals surface area (Å²) in [5.41, 5.74) is 4.01. The second kappa shape index (κ2) is 67.3. The lowest BCUT2D eigenvalue weighted by atomic mass is 10.0. The lowest BCUT2D eigenvalue weighted by Crippen LogP contribution is -2.51. The smallest absolute Gasteiger partial charge is 0.404 e. The summed E-state index contributed by atoms with van der Waals surface area (Å²) < 4.78 is 186. The van der Waals surface area contributed by atoms with Crippen LogP contribution in [0.5, 0.6) is 0 Å². The minimum atomic E-state index is -3.85. The van der Waals surface area contributed by atoms with E-state index in [0.717, 1.165) is 20.6 Å². The second-order valence-corrected chi connectivity index (χ2v) is 44.4. The van der Waals surface area contributed by atoms with Crippen LogP contribution in [-0.4, -0.2) is 482 Å². The second-order valence-electron chi connectivity index (χ2n) is 38.6. The van der Waals surface area contributed by atoms with E-state index >= 15 is 0 Å². The fraction of sp³-hybridized carbons (Fsp3) is 0.955. The van der Waals surface area contributed by atoms with E-state index in [9.17, 15) is 132 Å². The van der Waals surface area contributed by atoms with Gasteiger partial charge in [0, 0.05) is 47.6 Å². The number of nitrogens with two attached hydrogens (primary N) is 1. The van der Waals surface area contributed by atoms with Gasteiger partial charge in [-0.3, -0.25) is 22.5 Å². The fourth-order valence-corrected chi connectivity index (χ4v) is 16.1. The Hall–Kier alpha value is -3.83. The molecule has 0 aliphatic carbocycles. The van der Waals surface area contributed by atoms with E-state index in [1.807, 2.05) is 69.2 Å². The largest absolute Gasteiger partial charge is 0.467 e. The third-order valence-corrected chi connectivity index (χ3v) is 25.4. The molecule has 3 unspecified atom stereocenters. The van der Waals surface area contributed by atoms with Gasteiger partial charge in [0.15, 0.2) is 62.7 Å². The molecule has 0 spiro atoms. The van der Waals surface area contributed by atoms with Gasteiger partial charge in [-0.15, -0.1) is 0 Å². The molecule has 0 radical (unpaired) electrons. The van der Waals surface area contributed by atoms with Crippen molar-refractivity contribution in [1.82, 2.24) is 10.0 Å². The van der Waals surface area contributed by atoms with Crippen LogP contribution >= 0.6 is 7.60 Å². The van der Waals surface area contributed by atoms with Gasteiger partial charge in [-0.1, -0.05) is 13.8 Å². The van der Waals surface area contributed by atoms with Gasteiger partial charge in [0.25, 0.3) is 10.1 Å². The van der Waals surface area contributed by atoms with E-state index in [1.54, 1.807) is 83.1 Å². The topological polar surface area (TPSA) is 799 Å². The number of primary amides is 1. The van der Waals surface area contributed by atoms with Crippen molar-refractivity contribution in [2.75, 3.05) is 73.8 Å². The molecule has 22 N–H and O–H groups in total. The third-order valence-electron chi connectivity index (χ3n) is 21.3.